The second kappa shape index (κ2) is 5.28. The van der Waals surface area contributed by atoms with Crippen LogP contribution in [0, 0.1) is 0 Å². The molecular weight excluding hydrogens is 435 g/mol. The standard InChI is InChI=1S/C14H10BrF9O/c1-9(25,7-4-2-3-5-8(7)15)6-10(16)11(17,18)13(21,22)14(23,24)12(10,19)20/h2-5,25H,6H2,1H3. The highest BCUT2D eigenvalue weighted by Crippen LogP contribution is 2.71. The Bertz CT molecular complexity index is 661. The summed E-state index contributed by atoms with van der Waals surface area (Å²) in [6.07, 6.45) is -2.40. The Morgan fingerprint density at radius 3 is 1.64 bits per heavy atom. The average molecular weight is 445 g/mol. The summed E-state index contributed by atoms with van der Waals surface area (Å²) >= 11 is 2.85. The molecule has 1 atom stereocenters. The Morgan fingerprint density at radius 2 is 1.24 bits per heavy atom. The third-order valence-electron chi connectivity index (χ3n) is 4.22. The molecule has 1 unspecified atom stereocenters. The van der Waals surface area contributed by atoms with E-state index in [0.717, 1.165) is 6.07 Å². The van der Waals surface area contributed by atoms with Crippen LogP contribution in [0.3, 0.4) is 0 Å². The number of aliphatic hydroxyl groups is 1. The maximum absolute atomic E-state index is 14.5. The van der Waals surface area contributed by atoms with Crippen molar-refractivity contribution in [2.45, 2.75) is 48.3 Å². The van der Waals surface area contributed by atoms with E-state index >= 15 is 0 Å². The van der Waals surface area contributed by atoms with E-state index in [0.29, 0.717) is 6.92 Å². The van der Waals surface area contributed by atoms with Crippen LogP contribution >= 0.6 is 15.9 Å². The van der Waals surface area contributed by atoms with Crippen molar-refractivity contribution in [3.05, 3.63) is 34.3 Å². The van der Waals surface area contributed by atoms with Crippen LogP contribution in [-0.4, -0.2) is 34.5 Å². The molecule has 11 heteroatoms. The van der Waals surface area contributed by atoms with E-state index in [4.69, 9.17) is 0 Å². The van der Waals surface area contributed by atoms with Crippen molar-refractivity contribution in [1.82, 2.24) is 0 Å². The molecule has 0 radical (unpaired) electrons. The number of rotatable bonds is 3. The lowest BCUT2D eigenvalue weighted by Gasteiger charge is -2.37. The number of hydrogen-bond acceptors (Lipinski definition) is 1. The first-order valence-corrected chi connectivity index (χ1v) is 7.44. The second-order valence-corrected chi connectivity index (χ2v) is 6.88. The predicted octanol–water partition coefficient (Wildman–Crippen LogP) is 5.31. The van der Waals surface area contributed by atoms with Gasteiger partial charge in [-0.15, -0.1) is 0 Å². The molecule has 1 nitrogen and oxygen atoms in total. The zero-order valence-electron chi connectivity index (χ0n) is 12.2. The van der Waals surface area contributed by atoms with Gasteiger partial charge in [0.1, 0.15) is 0 Å². The van der Waals surface area contributed by atoms with Gasteiger partial charge in [-0.25, -0.2) is 4.39 Å². The molecule has 1 aromatic rings. The maximum atomic E-state index is 14.5. The first-order chi connectivity index (χ1) is 11.0. The highest BCUT2D eigenvalue weighted by atomic mass is 79.9. The van der Waals surface area contributed by atoms with Gasteiger partial charge in [-0.3, -0.25) is 0 Å². The minimum absolute atomic E-state index is 0.0493. The molecule has 1 aromatic carbocycles. The van der Waals surface area contributed by atoms with Crippen molar-refractivity contribution in [2.75, 3.05) is 0 Å². The number of alkyl halides is 9. The van der Waals surface area contributed by atoms with Crippen molar-refractivity contribution in [3.63, 3.8) is 0 Å². The Balaban J connectivity index is 2.63. The van der Waals surface area contributed by atoms with Crippen molar-refractivity contribution in [1.29, 1.82) is 0 Å². The lowest BCUT2D eigenvalue weighted by Crippen LogP contribution is -2.57. The minimum atomic E-state index is -6.65. The van der Waals surface area contributed by atoms with Gasteiger partial charge in [0.25, 0.3) is 5.67 Å². The average Bonchev–Trinajstić information content (AvgIpc) is 2.49. The van der Waals surface area contributed by atoms with E-state index in [1.165, 1.54) is 18.2 Å². The molecule has 1 N–H and O–H groups in total. The molecule has 25 heavy (non-hydrogen) atoms. The number of halogens is 10. The highest BCUT2D eigenvalue weighted by molar-refractivity contribution is 9.10. The molecular formula is C14H10BrF9O. The van der Waals surface area contributed by atoms with Crippen molar-refractivity contribution in [2.24, 2.45) is 0 Å². The van der Waals surface area contributed by atoms with Crippen LogP contribution in [0.4, 0.5) is 39.5 Å². The fraction of sp³-hybridized carbons (Fsp3) is 0.571. The quantitative estimate of drug-likeness (QED) is 0.626. The smallest absolute Gasteiger partial charge is 0.381 e. The van der Waals surface area contributed by atoms with Crippen molar-refractivity contribution in [3.8, 4) is 0 Å². The molecule has 0 bridgehead atoms. The SMILES string of the molecule is CC(O)(CC1(F)C(F)(F)C(F)(F)C(F)(F)C1(F)F)c1ccccc1Br. The van der Waals surface area contributed by atoms with Gasteiger partial charge in [-0.05, 0) is 18.6 Å². The molecule has 0 saturated heterocycles. The lowest BCUT2D eigenvalue weighted by molar-refractivity contribution is -0.303. The van der Waals surface area contributed by atoms with Gasteiger partial charge in [-0.2, -0.15) is 35.1 Å². The van der Waals surface area contributed by atoms with Gasteiger partial charge >= 0.3 is 23.7 Å². The van der Waals surface area contributed by atoms with Crippen LogP contribution in [0.1, 0.15) is 18.9 Å². The summed E-state index contributed by atoms with van der Waals surface area (Å²) in [5, 5.41) is 10.2. The van der Waals surface area contributed by atoms with E-state index in [9.17, 15) is 44.6 Å². The normalized spacial score (nSPS) is 27.7. The Kier molecular flexibility index (Phi) is 4.29. The summed E-state index contributed by atoms with van der Waals surface area (Å²) in [6.45, 7) is 0.579. The highest BCUT2D eigenvalue weighted by Gasteiger charge is 3.00. The van der Waals surface area contributed by atoms with E-state index in [2.05, 4.69) is 15.9 Å². The van der Waals surface area contributed by atoms with E-state index in [-0.39, 0.29) is 4.47 Å². The Labute approximate surface area is 143 Å². The molecule has 0 amide bonds. The first-order valence-electron chi connectivity index (χ1n) is 6.65. The van der Waals surface area contributed by atoms with E-state index in [1.807, 2.05) is 0 Å². The molecule has 1 saturated carbocycles. The van der Waals surface area contributed by atoms with Gasteiger partial charge in [0.05, 0.1) is 5.60 Å². The minimum Gasteiger partial charge on any atom is -0.385 e. The summed E-state index contributed by atoms with van der Waals surface area (Å²) in [4.78, 5) is 0. The molecule has 0 heterocycles. The third kappa shape index (κ3) is 2.27. The van der Waals surface area contributed by atoms with Crippen LogP contribution in [0.15, 0.2) is 28.7 Å². The van der Waals surface area contributed by atoms with Gasteiger partial charge in [-0.1, -0.05) is 34.1 Å². The summed E-state index contributed by atoms with van der Waals surface area (Å²) in [7, 11) is 0. The maximum Gasteiger partial charge on any atom is 0.381 e. The Morgan fingerprint density at radius 1 is 0.840 bits per heavy atom. The number of hydrogen-bond donors (Lipinski definition) is 1. The van der Waals surface area contributed by atoms with Gasteiger partial charge in [0.2, 0.25) is 0 Å². The third-order valence-corrected chi connectivity index (χ3v) is 4.91. The summed E-state index contributed by atoms with van der Waals surface area (Å²) in [6, 6.07) is 4.82. The first kappa shape index (κ1) is 20.3. The zero-order valence-corrected chi connectivity index (χ0v) is 13.8. The predicted molar refractivity (Wildman–Crippen MR) is 72.0 cm³/mol. The molecule has 1 fully saturated rings. The van der Waals surface area contributed by atoms with Gasteiger partial charge in [0, 0.05) is 10.9 Å². The summed E-state index contributed by atoms with van der Waals surface area (Å²) in [5.41, 5.74) is -9.01. The van der Waals surface area contributed by atoms with Crippen molar-refractivity contribution < 1.29 is 44.6 Å². The molecule has 0 aromatic heterocycles. The van der Waals surface area contributed by atoms with Crippen LogP contribution in [0.5, 0.6) is 0 Å². The monoisotopic (exact) mass is 444 g/mol. The summed E-state index contributed by atoms with van der Waals surface area (Å²) < 4.78 is 122. The zero-order chi connectivity index (χ0) is 19.7. The molecule has 0 aliphatic heterocycles. The van der Waals surface area contributed by atoms with Gasteiger partial charge < -0.3 is 5.11 Å². The fourth-order valence-electron chi connectivity index (χ4n) is 2.78. The summed E-state index contributed by atoms with van der Waals surface area (Å²) in [5.74, 6) is -26.2. The number of benzene rings is 1. The lowest BCUT2D eigenvalue weighted by atomic mass is 9.80. The van der Waals surface area contributed by atoms with Crippen LogP contribution < -0.4 is 0 Å². The van der Waals surface area contributed by atoms with E-state index < -0.39 is 46.9 Å². The molecule has 1 aliphatic rings. The topological polar surface area (TPSA) is 20.2 Å². The Hall–Kier alpha value is -0.970. The van der Waals surface area contributed by atoms with Gasteiger partial charge in [0.15, 0.2) is 0 Å². The molecule has 142 valence electrons. The molecule has 0 spiro atoms. The van der Waals surface area contributed by atoms with Crippen molar-refractivity contribution >= 4 is 15.9 Å². The van der Waals surface area contributed by atoms with Crippen LogP contribution in [0.2, 0.25) is 0 Å². The molecule has 1 aliphatic carbocycles. The van der Waals surface area contributed by atoms with E-state index in [1.54, 1.807) is 0 Å². The van der Waals surface area contributed by atoms with Crippen LogP contribution in [0.25, 0.3) is 0 Å². The molecule has 2 rings (SSSR count). The van der Waals surface area contributed by atoms with Crippen LogP contribution in [-0.2, 0) is 5.60 Å². The second-order valence-electron chi connectivity index (χ2n) is 6.03. The fourth-order valence-corrected chi connectivity index (χ4v) is 3.49. The largest absolute Gasteiger partial charge is 0.385 e.